The Balaban J connectivity index is 1.94. The van der Waals surface area contributed by atoms with E-state index in [1.807, 2.05) is 6.07 Å². The fourth-order valence-electron chi connectivity index (χ4n) is 2.62. The smallest absolute Gasteiger partial charge is 0.387 e. The standard InChI is InChI=1S/C15H21F2NO3/c1-19-12-5-4-11(8-12)18-9-10-3-6-13(20-2)14(7-10)21-15(16)17/h3,6-7,11-12,15,18H,4-5,8-9H2,1-2H3. The summed E-state index contributed by atoms with van der Waals surface area (Å²) in [6.45, 7) is -2.26. The minimum absolute atomic E-state index is 0.0630. The van der Waals surface area contributed by atoms with E-state index in [0.29, 0.717) is 24.4 Å². The molecule has 0 radical (unpaired) electrons. The Morgan fingerprint density at radius 3 is 2.67 bits per heavy atom. The van der Waals surface area contributed by atoms with Crippen molar-refractivity contribution in [3.63, 3.8) is 0 Å². The second kappa shape index (κ2) is 7.56. The van der Waals surface area contributed by atoms with Gasteiger partial charge in [0.25, 0.3) is 0 Å². The van der Waals surface area contributed by atoms with Crippen molar-refractivity contribution in [2.75, 3.05) is 14.2 Å². The molecule has 1 fully saturated rings. The number of hydrogen-bond donors (Lipinski definition) is 1. The van der Waals surface area contributed by atoms with E-state index in [0.717, 1.165) is 24.8 Å². The molecule has 4 nitrogen and oxygen atoms in total. The average molecular weight is 301 g/mol. The molecule has 6 heteroatoms. The van der Waals surface area contributed by atoms with E-state index in [2.05, 4.69) is 10.1 Å². The van der Waals surface area contributed by atoms with Crippen molar-refractivity contribution >= 4 is 0 Å². The maximum Gasteiger partial charge on any atom is 0.387 e. The van der Waals surface area contributed by atoms with Gasteiger partial charge in [-0.05, 0) is 37.0 Å². The number of rotatable bonds is 7. The van der Waals surface area contributed by atoms with Gasteiger partial charge in [-0.25, -0.2) is 0 Å². The minimum Gasteiger partial charge on any atom is -0.493 e. The summed E-state index contributed by atoms with van der Waals surface area (Å²) in [5, 5.41) is 3.42. The molecular formula is C15H21F2NO3. The Labute approximate surface area is 123 Å². The number of methoxy groups -OCH3 is 2. The normalized spacial score (nSPS) is 21.8. The second-order valence-corrected chi connectivity index (χ2v) is 5.11. The Hall–Kier alpha value is -1.40. The zero-order chi connectivity index (χ0) is 15.2. The molecule has 1 saturated carbocycles. The molecule has 1 aromatic carbocycles. The van der Waals surface area contributed by atoms with Crippen LogP contribution < -0.4 is 14.8 Å². The van der Waals surface area contributed by atoms with Gasteiger partial charge in [-0.2, -0.15) is 8.78 Å². The summed E-state index contributed by atoms with van der Waals surface area (Å²) in [6.07, 6.45) is 3.41. The minimum atomic E-state index is -2.86. The number of alkyl halides is 2. The topological polar surface area (TPSA) is 39.7 Å². The largest absolute Gasteiger partial charge is 0.493 e. The molecule has 1 aromatic rings. The summed E-state index contributed by atoms with van der Waals surface area (Å²) in [7, 11) is 3.15. The van der Waals surface area contributed by atoms with Crippen molar-refractivity contribution in [3.05, 3.63) is 23.8 Å². The van der Waals surface area contributed by atoms with Crippen molar-refractivity contribution < 1.29 is 23.0 Å². The molecule has 2 atom stereocenters. The van der Waals surface area contributed by atoms with E-state index in [1.54, 1.807) is 19.2 Å². The van der Waals surface area contributed by atoms with Crippen LogP contribution in [0.25, 0.3) is 0 Å². The van der Waals surface area contributed by atoms with Crippen LogP contribution in [-0.4, -0.2) is 33.0 Å². The molecule has 0 spiro atoms. The molecule has 1 aliphatic rings. The molecule has 1 N–H and O–H groups in total. The van der Waals surface area contributed by atoms with E-state index in [4.69, 9.17) is 9.47 Å². The van der Waals surface area contributed by atoms with Gasteiger partial charge in [-0.15, -0.1) is 0 Å². The monoisotopic (exact) mass is 301 g/mol. The molecule has 0 aromatic heterocycles. The van der Waals surface area contributed by atoms with Crippen LogP contribution in [0, 0.1) is 0 Å². The van der Waals surface area contributed by atoms with Crippen molar-refractivity contribution in [1.29, 1.82) is 0 Å². The lowest BCUT2D eigenvalue weighted by atomic mass is 10.1. The molecule has 2 unspecified atom stereocenters. The molecule has 0 amide bonds. The summed E-state index contributed by atoms with van der Waals surface area (Å²) in [5.74, 6) is 0.368. The van der Waals surface area contributed by atoms with Gasteiger partial charge in [-0.3, -0.25) is 0 Å². The highest BCUT2D eigenvalue weighted by Gasteiger charge is 2.23. The van der Waals surface area contributed by atoms with Crippen LogP contribution in [-0.2, 0) is 11.3 Å². The number of benzene rings is 1. The molecule has 0 saturated heterocycles. The third-order valence-electron chi connectivity index (χ3n) is 3.76. The van der Waals surface area contributed by atoms with Gasteiger partial charge < -0.3 is 19.5 Å². The van der Waals surface area contributed by atoms with Crippen molar-refractivity contribution in [1.82, 2.24) is 5.32 Å². The molecule has 2 rings (SSSR count). The summed E-state index contributed by atoms with van der Waals surface area (Å²) in [5.41, 5.74) is 0.882. The van der Waals surface area contributed by atoms with Crippen LogP contribution in [0.15, 0.2) is 18.2 Å². The summed E-state index contributed by atoms with van der Waals surface area (Å²) < 4.78 is 39.6. The Morgan fingerprint density at radius 1 is 1.24 bits per heavy atom. The lowest BCUT2D eigenvalue weighted by molar-refractivity contribution is -0.0512. The maximum atomic E-state index is 12.4. The quantitative estimate of drug-likeness (QED) is 0.840. The Bertz CT molecular complexity index is 457. The van der Waals surface area contributed by atoms with Gasteiger partial charge >= 0.3 is 6.61 Å². The van der Waals surface area contributed by atoms with E-state index < -0.39 is 6.61 Å². The van der Waals surface area contributed by atoms with E-state index >= 15 is 0 Å². The van der Waals surface area contributed by atoms with Crippen LogP contribution >= 0.6 is 0 Å². The Morgan fingerprint density at radius 2 is 2.05 bits per heavy atom. The molecule has 1 aliphatic carbocycles. The SMILES string of the molecule is COc1ccc(CNC2CCC(OC)C2)cc1OC(F)F. The van der Waals surface area contributed by atoms with Crippen LogP contribution in [0.1, 0.15) is 24.8 Å². The van der Waals surface area contributed by atoms with Crippen LogP contribution in [0.4, 0.5) is 8.78 Å². The molecule has 0 bridgehead atoms. The van der Waals surface area contributed by atoms with Gasteiger partial charge in [0.15, 0.2) is 11.5 Å². The highest BCUT2D eigenvalue weighted by atomic mass is 19.3. The zero-order valence-electron chi connectivity index (χ0n) is 12.3. The molecule has 118 valence electrons. The number of nitrogens with one attached hydrogen (secondary N) is 1. The zero-order valence-corrected chi connectivity index (χ0v) is 12.3. The van der Waals surface area contributed by atoms with Gasteiger partial charge in [0.2, 0.25) is 0 Å². The van der Waals surface area contributed by atoms with Crippen molar-refractivity contribution in [2.45, 2.75) is 44.6 Å². The van der Waals surface area contributed by atoms with Crippen molar-refractivity contribution in [2.24, 2.45) is 0 Å². The highest BCUT2D eigenvalue weighted by molar-refractivity contribution is 5.43. The first-order valence-electron chi connectivity index (χ1n) is 7.00. The second-order valence-electron chi connectivity index (χ2n) is 5.11. The van der Waals surface area contributed by atoms with Gasteiger partial charge in [0.1, 0.15) is 0 Å². The van der Waals surface area contributed by atoms with E-state index in [9.17, 15) is 8.78 Å². The van der Waals surface area contributed by atoms with E-state index in [-0.39, 0.29) is 5.75 Å². The third kappa shape index (κ3) is 4.54. The summed E-state index contributed by atoms with van der Waals surface area (Å²) in [6, 6.07) is 5.46. The Kier molecular flexibility index (Phi) is 5.76. The number of hydrogen-bond acceptors (Lipinski definition) is 4. The predicted molar refractivity (Wildman–Crippen MR) is 74.9 cm³/mol. The fourth-order valence-corrected chi connectivity index (χ4v) is 2.62. The molecule has 0 heterocycles. The van der Waals surface area contributed by atoms with E-state index in [1.165, 1.54) is 7.11 Å². The molecular weight excluding hydrogens is 280 g/mol. The predicted octanol–water partition coefficient (Wildman–Crippen LogP) is 2.95. The van der Waals surface area contributed by atoms with Gasteiger partial charge in [0.05, 0.1) is 13.2 Å². The lowest BCUT2D eigenvalue weighted by Crippen LogP contribution is -2.26. The first kappa shape index (κ1) is 16.0. The first-order valence-corrected chi connectivity index (χ1v) is 7.00. The fraction of sp³-hybridized carbons (Fsp3) is 0.600. The molecule has 0 aliphatic heterocycles. The van der Waals surface area contributed by atoms with Crippen LogP contribution in [0.3, 0.4) is 0 Å². The number of ether oxygens (including phenoxy) is 3. The number of halogens is 2. The maximum absolute atomic E-state index is 12.4. The van der Waals surface area contributed by atoms with Gasteiger partial charge in [-0.1, -0.05) is 6.07 Å². The molecule has 21 heavy (non-hydrogen) atoms. The summed E-state index contributed by atoms with van der Waals surface area (Å²) in [4.78, 5) is 0. The van der Waals surface area contributed by atoms with Gasteiger partial charge in [0, 0.05) is 19.7 Å². The highest BCUT2D eigenvalue weighted by Crippen LogP contribution is 2.30. The average Bonchev–Trinajstić information content (AvgIpc) is 2.93. The third-order valence-corrected chi connectivity index (χ3v) is 3.76. The summed E-state index contributed by atoms with van der Waals surface area (Å²) >= 11 is 0. The lowest BCUT2D eigenvalue weighted by Gasteiger charge is -2.15. The van der Waals surface area contributed by atoms with Crippen molar-refractivity contribution in [3.8, 4) is 11.5 Å². The first-order chi connectivity index (χ1) is 10.1. The van der Waals surface area contributed by atoms with Crippen LogP contribution in [0.5, 0.6) is 11.5 Å². The van der Waals surface area contributed by atoms with Crippen LogP contribution in [0.2, 0.25) is 0 Å².